The van der Waals surface area contributed by atoms with Crippen molar-refractivity contribution in [1.29, 1.82) is 0 Å². The smallest absolute Gasteiger partial charge is 0.253 e. The van der Waals surface area contributed by atoms with Crippen molar-refractivity contribution >= 4 is 10.9 Å². The number of H-pyrrole nitrogens is 1. The molecule has 0 unspecified atom stereocenters. The first-order valence-corrected chi connectivity index (χ1v) is 11.4. The maximum absolute atomic E-state index is 13.3. The zero-order chi connectivity index (χ0) is 22.1. The predicted octanol–water partition coefficient (Wildman–Crippen LogP) is 2.52. The number of rotatable bonds is 6. The number of tetrazole rings is 1. The van der Waals surface area contributed by atoms with E-state index in [1.165, 1.54) is 0 Å². The molecule has 0 saturated carbocycles. The van der Waals surface area contributed by atoms with E-state index in [2.05, 4.69) is 32.3 Å². The molecule has 9 heteroatoms. The minimum atomic E-state index is -0.311. The minimum absolute atomic E-state index is 0.113. The molecule has 0 spiro atoms. The van der Waals surface area contributed by atoms with Crippen LogP contribution in [0.3, 0.4) is 0 Å². The third-order valence-electron chi connectivity index (χ3n) is 6.76. The van der Waals surface area contributed by atoms with Gasteiger partial charge in [-0.15, -0.1) is 5.10 Å². The van der Waals surface area contributed by atoms with E-state index in [0.29, 0.717) is 29.6 Å². The van der Waals surface area contributed by atoms with Gasteiger partial charge in [0.2, 0.25) is 0 Å². The summed E-state index contributed by atoms with van der Waals surface area (Å²) < 4.78 is 13.0. The molecule has 2 fully saturated rings. The first-order valence-electron chi connectivity index (χ1n) is 11.4. The maximum atomic E-state index is 13.3. The Morgan fingerprint density at radius 2 is 2.09 bits per heavy atom. The molecule has 0 bridgehead atoms. The van der Waals surface area contributed by atoms with Gasteiger partial charge in [0.1, 0.15) is 11.8 Å². The Balaban J connectivity index is 1.57. The number of pyridine rings is 1. The lowest BCUT2D eigenvalue weighted by atomic mass is 9.95. The van der Waals surface area contributed by atoms with Gasteiger partial charge in [-0.2, -0.15) is 0 Å². The molecule has 4 heterocycles. The molecular weight excluding hydrogens is 408 g/mol. The van der Waals surface area contributed by atoms with Crippen LogP contribution >= 0.6 is 0 Å². The van der Waals surface area contributed by atoms with Gasteiger partial charge in [-0.05, 0) is 78.7 Å². The molecule has 2 aromatic heterocycles. The second-order valence-corrected chi connectivity index (χ2v) is 8.98. The van der Waals surface area contributed by atoms with Crippen LogP contribution in [-0.2, 0) is 11.3 Å². The predicted molar refractivity (Wildman–Crippen MR) is 120 cm³/mol. The number of hydrogen-bond donors (Lipinski definition) is 1. The van der Waals surface area contributed by atoms with Gasteiger partial charge in [0.05, 0.1) is 25.3 Å². The summed E-state index contributed by atoms with van der Waals surface area (Å²) in [6, 6.07) is 7.39. The van der Waals surface area contributed by atoms with Crippen molar-refractivity contribution in [2.24, 2.45) is 5.92 Å². The van der Waals surface area contributed by atoms with Crippen LogP contribution in [-0.4, -0.2) is 63.0 Å². The first kappa shape index (κ1) is 21.1. The van der Waals surface area contributed by atoms with Crippen molar-refractivity contribution in [3.8, 4) is 5.75 Å². The number of benzene rings is 1. The average Bonchev–Trinajstić information content (AvgIpc) is 3.48. The number of fused-ring (bicyclic) bond motifs is 1. The summed E-state index contributed by atoms with van der Waals surface area (Å²) in [6.45, 7) is 5.47. The van der Waals surface area contributed by atoms with Gasteiger partial charge in [0.25, 0.3) is 5.56 Å². The van der Waals surface area contributed by atoms with Crippen LogP contribution in [0.1, 0.15) is 50.0 Å². The monoisotopic (exact) mass is 438 g/mol. The van der Waals surface area contributed by atoms with Gasteiger partial charge in [0.15, 0.2) is 5.82 Å². The zero-order valence-corrected chi connectivity index (χ0v) is 18.7. The fraction of sp³-hybridized carbons (Fsp3) is 0.565. The van der Waals surface area contributed by atoms with Crippen LogP contribution in [0.2, 0.25) is 0 Å². The van der Waals surface area contributed by atoms with E-state index in [0.717, 1.165) is 56.3 Å². The number of nitrogens with zero attached hydrogens (tertiary/aromatic N) is 5. The fourth-order valence-electron chi connectivity index (χ4n) is 4.83. The highest BCUT2D eigenvalue weighted by Gasteiger charge is 2.33. The van der Waals surface area contributed by atoms with Crippen molar-refractivity contribution in [3.05, 3.63) is 46.0 Å². The third kappa shape index (κ3) is 4.14. The second-order valence-electron chi connectivity index (χ2n) is 8.98. The number of aromatic amines is 1. The average molecular weight is 439 g/mol. The zero-order valence-electron chi connectivity index (χ0n) is 18.7. The number of piperidine rings is 1. The van der Waals surface area contributed by atoms with Gasteiger partial charge >= 0.3 is 0 Å². The molecule has 0 aliphatic carbocycles. The number of likely N-dealkylation sites (tertiary alicyclic amines) is 1. The minimum Gasteiger partial charge on any atom is -0.497 e. The Bertz CT molecular complexity index is 1130. The summed E-state index contributed by atoms with van der Waals surface area (Å²) in [5, 5.41) is 13.6. The Morgan fingerprint density at radius 3 is 2.84 bits per heavy atom. The Kier molecular flexibility index (Phi) is 5.93. The summed E-state index contributed by atoms with van der Waals surface area (Å²) in [6.07, 6.45) is 4.35. The number of nitrogens with one attached hydrogen (secondary N) is 1. The Morgan fingerprint density at radius 1 is 1.25 bits per heavy atom. The molecule has 0 amide bonds. The van der Waals surface area contributed by atoms with E-state index in [-0.39, 0.29) is 17.7 Å². The van der Waals surface area contributed by atoms with Crippen LogP contribution in [0.15, 0.2) is 29.1 Å². The number of aromatic nitrogens is 5. The van der Waals surface area contributed by atoms with Crippen LogP contribution in [0.25, 0.3) is 10.9 Å². The van der Waals surface area contributed by atoms with Crippen LogP contribution in [0.5, 0.6) is 5.75 Å². The topological polar surface area (TPSA) is 98.2 Å². The van der Waals surface area contributed by atoms with Crippen LogP contribution < -0.4 is 10.3 Å². The van der Waals surface area contributed by atoms with Crippen LogP contribution in [0.4, 0.5) is 0 Å². The molecule has 32 heavy (non-hydrogen) atoms. The van der Waals surface area contributed by atoms with Gasteiger partial charge in [-0.25, -0.2) is 4.68 Å². The van der Waals surface area contributed by atoms with E-state index < -0.39 is 0 Å². The van der Waals surface area contributed by atoms with E-state index in [9.17, 15) is 4.79 Å². The Labute approximate surface area is 186 Å². The standard InChI is InChI=1S/C23H30N6O3/c1-15-7-9-28(10-8-15)21(22-25-26-27-29(22)14-18-4-3-11-32-18)19-12-16-5-6-17(31-2)13-20(16)24-23(19)30/h5-6,12-13,15,18,21H,3-4,7-11,14H2,1-2H3,(H,24,30)/t18-,21-/m1/s1. The molecule has 2 aliphatic rings. The largest absolute Gasteiger partial charge is 0.497 e. The Hall–Kier alpha value is -2.78. The number of hydrogen-bond acceptors (Lipinski definition) is 7. The van der Waals surface area contributed by atoms with Gasteiger partial charge < -0.3 is 14.5 Å². The van der Waals surface area contributed by atoms with E-state index in [1.54, 1.807) is 7.11 Å². The molecule has 3 aromatic rings. The second kappa shape index (κ2) is 8.99. The van der Waals surface area contributed by atoms with E-state index in [4.69, 9.17) is 9.47 Å². The summed E-state index contributed by atoms with van der Waals surface area (Å²) in [5.41, 5.74) is 1.30. The normalized spacial score (nSPS) is 21.2. The molecule has 1 aromatic carbocycles. The molecule has 5 rings (SSSR count). The highest BCUT2D eigenvalue weighted by atomic mass is 16.5. The van der Waals surface area contributed by atoms with Gasteiger partial charge in [-0.3, -0.25) is 9.69 Å². The molecular formula is C23H30N6O3. The highest BCUT2D eigenvalue weighted by Crippen LogP contribution is 2.31. The lowest BCUT2D eigenvalue weighted by Gasteiger charge is -2.36. The summed E-state index contributed by atoms with van der Waals surface area (Å²) in [4.78, 5) is 18.7. The quantitative estimate of drug-likeness (QED) is 0.631. The SMILES string of the molecule is COc1ccc2cc([C@H](c3nnnn3C[C@H]3CCCO3)N3CCC(C)CC3)c(=O)[nH]c2c1. The van der Waals surface area contributed by atoms with Crippen LogP contribution in [0, 0.1) is 5.92 Å². The van der Waals surface area contributed by atoms with Crippen molar-refractivity contribution in [3.63, 3.8) is 0 Å². The first-order chi connectivity index (χ1) is 15.6. The van der Waals surface area contributed by atoms with Gasteiger partial charge in [0, 0.05) is 18.2 Å². The van der Waals surface area contributed by atoms with Crippen molar-refractivity contribution in [2.45, 2.75) is 51.3 Å². The highest BCUT2D eigenvalue weighted by molar-refractivity contribution is 5.80. The summed E-state index contributed by atoms with van der Waals surface area (Å²) in [7, 11) is 1.62. The fourth-order valence-corrected chi connectivity index (χ4v) is 4.83. The molecule has 1 N–H and O–H groups in total. The summed E-state index contributed by atoms with van der Waals surface area (Å²) >= 11 is 0. The van der Waals surface area contributed by atoms with E-state index >= 15 is 0 Å². The molecule has 0 radical (unpaired) electrons. The van der Waals surface area contributed by atoms with Gasteiger partial charge in [-0.1, -0.05) is 6.92 Å². The number of methoxy groups -OCH3 is 1. The van der Waals surface area contributed by atoms with Crippen molar-refractivity contribution in [1.82, 2.24) is 30.1 Å². The molecule has 2 aliphatic heterocycles. The van der Waals surface area contributed by atoms with E-state index in [1.807, 2.05) is 28.9 Å². The lowest BCUT2D eigenvalue weighted by molar-refractivity contribution is 0.0894. The number of ether oxygens (including phenoxy) is 2. The molecule has 2 atom stereocenters. The third-order valence-corrected chi connectivity index (χ3v) is 6.76. The lowest BCUT2D eigenvalue weighted by Crippen LogP contribution is -2.40. The van der Waals surface area contributed by atoms with Crippen molar-refractivity contribution < 1.29 is 9.47 Å². The molecule has 9 nitrogen and oxygen atoms in total. The maximum Gasteiger partial charge on any atom is 0.253 e. The van der Waals surface area contributed by atoms with Crippen molar-refractivity contribution in [2.75, 3.05) is 26.8 Å². The summed E-state index contributed by atoms with van der Waals surface area (Å²) in [5.74, 6) is 2.09. The molecule has 170 valence electrons. The molecule has 2 saturated heterocycles.